The number of para-hydroxylation sites is 1. The molecular formula is C39H49N4O2+. The van der Waals surface area contributed by atoms with E-state index in [9.17, 15) is 10.2 Å². The summed E-state index contributed by atoms with van der Waals surface area (Å²) in [6, 6.07) is 14.1. The zero-order valence-electron chi connectivity index (χ0n) is 27.3. The second-order valence-electron chi connectivity index (χ2n) is 15.4. The number of benzene rings is 2. The summed E-state index contributed by atoms with van der Waals surface area (Å²) < 4.78 is 3.73. The van der Waals surface area contributed by atoms with Crippen LogP contribution in [0.25, 0.3) is 21.8 Å². The van der Waals surface area contributed by atoms with Gasteiger partial charge in [0, 0.05) is 59.1 Å². The van der Waals surface area contributed by atoms with Gasteiger partial charge < -0.3 is 24.2 Å². The van der Waals surface area contributed by atoms with Gasteiger partial charge in [0.15, 0.2) is 0 Å². The van der Waals surface area contributed by atoms with E-state index in [1.165, 1.54) is 64.4 Å². The molecular weight excluding hydrogens is 556 g/mol. The molecule has 5 aliphatic rings. The molecule has 9 rings (SSSR count). The fourth-order valence-electron chi connectivity index (χ4n) is 11.4. The number of phenols is 1. The van der Waals surface area contributed by atoms with Crippen molar-refractivity contribution in [2.24, 2.45) is 11.3 Å². The predicted molar refractivity (Wildman–Crippen MR) is 181 cm³/mol. The first kappa shape index (κ1) is 28.2. The summed E-state index contributed by atoms with van der Waals surface area (Å²) in [6.07, 6.45) is 11.1. The van der Waals surface area contributed by atoms with Gasteiger partial charge in [-0.15, -0.1) is 0 Å². The Morgan fingerprint density at radius 1 is 1.11 bits per heavy atom. The van der Waals surface area contributed by atoms with Gasteiger partial charge in [0.1, 0.15) is 18.3 Å². The standard InChI is InChI=1S/C39H48N4O2/c1-4-24-23-43(3)19-14-28-34-29(40-36(28)32(43)21-25(24)15-20-44)11-12-33(45)35(34)31-22-39(5-2)16-8-17-41-18-13-27-26-9-6-7-10-30(26)42(31)37(27)38(39)41/h4,6-7,9-12,25,31-32,38,40,44H,5,8,13-23H2,1-3H3/p+1/b24-4-/t25-,31-,32+,38-,39+,43+/m0/s1. The average Bonchev–Trinajstić information content (AvgIpc) is 3.60. The van der Waals surface area contributed by atoms with Gasteiger partial charge in [-0.3, -0.25) is 4.90 Å². The Balaban J connectivity index is 1.27. The molecule has 4 aromatic rings. The number of piperidine rings is 2. The monoisotopic (exact) mass is 605 g/mol. The van der Waals surface area contributed by atoms with Crippen LogP contribution in [0, 0.1) is 11.3 Å². The largest absolute Gasteiger partial charge is 0.508 e. The first-order chi connectivity index (χ1) is 21.9. The minimum Gasteiger partial charge on any atom is -0.508 e. The third-order valence-electron chi connectivity index (χ3n) is 13.5. The molecule has 6 atom stereocenters. The number of nitrogens with zero attached hydrogens (tertiary/aromatic N) is 3. The van der Waals surface area contributed by atoms with Gasteiger partial charge in [-0.2, -0.15) is 0 Å². The zero-order chi connectivity index (χ0) is 30.7. The molecule has 0 saturated carbocycles. The van der Waals surface area contributed by atoms with Gasteiger partial charge in [-0.05, 0) is 98.2 Å². The lowest BCUT2D eigenvalue weighted by molar-refractivity contribution is -0.942. The number of aromatic amines is 1. The minimum absolute atomic E-state index is 0.0995. The number of H-pyrrole nitrogens is 1. The lowest BCUT2D eigenvalue weighted by atomic mass is 9.62. The molecule has 236 valence electrons. The molecule has 0 aliphatic carbocycles. The number of aliphatic hydroxyl groups is 1. The molecule has 2 aromatic heterocycles. The van der Waals surface area contributed by atoms with Crippen LogP contribution in [0.5, 0.6) is 5.75 Å². The molecule has 0 unspecified atom stereocenters. The van der Waals surface area contributed by atoms with Crippen molar-refractivity contribution < 1.29 is 14.7 Å². The van der Waals surface area contributed by atoms with E-state index >= 15 is 0 Å². The highest BCUT2D eigenvalue weighted by Crippen LogP contribution is 2.62. The number of aliphatic hydroxyl groups excluding tert-OH is 1. The maximum absolute atomic E-state index is 12.0. The molecule has 2 fully saturated rings. The second-order valence-corrected chi connectivity index (χ2v) is 15.4. The van der Waals surface area contributed by atoms with E-state index < -0.39 is 0 Å². The van der Waals surface area contributed by atoms with Crippen LogP contribution in [0.15, 0.2) is 48.0 Å². The summed E-state index contributed by atoms with van der Waals surface area (Å²) in [4.78, 5) is 6.79. The second kappa shape index (κ2) is 9.97. The number of phenolic OH excluding ortho intramolecular Hbond substituents is 1. The maximum atomic E-state index is 12.0. The van der Waals surface area contributed by atoms with Crippen LogP contribution in [-0.2, 0) is 12.8 Å². The van der Waals surface area contributed by atoms with Crippen molar-refractivity contribution in [3.63, 3.8) is 0 Å². The molecule has 45 heavy (non-hydrogen) atoms. The van der Waals surface area contributed by atoms with Crippen molar-refractivity contribution >= 4 is 21.8 Å². The highest BCUT2D eigenvalue weighted by molar-refractivity contribution is 5.92. The number of nitrogens with one attached hydrogen (secondary N) is 1. The number of hydrogen-bond acceptors (Lipinski definition) is 3. The normalized spacial score (nSPS) is 33.4. The SMILES string of the molecule is C/C=C1/C[N@@+]2(C)CCc3c([nH]c4ccc(O)c([C@@H]5C[C@@]6(CC)CCCN7CCc8c(n5c5ccccc85)[C@H]76)c34)[C@H]2C[C@@H]1CCO. The first-order valence-corrected chi connectivity index (χ1v) is 17.7. The average molecular weight is 606 g/mol. The number of aromatic hydroxyl groups is 1. The van der Waals surface area contributed by atoms with Crippen LogP contribution < -0.4 is 0 Å². The number of hydrogen-bond donors (Lipinski definition) is 3. The van der Waals surface area contributed by atoms with E-state index in [2.05, 4.69) is 71.8 Å². The number of fused-ring (bicyclic) bond motifs is 8. The molecule has 5 aliphatic heterocycles. The van der Waals surface area contributed by atoms with Gasteiger partial charge in [0.2, 0.25) is 0 Å². The first-order valence-electron chi connectivity index (χ1n) is 17.7. The van der Waals surface area contributed by atoms with E-state index in [-0.39, 0.29) is 18.1 Å². The number of allylic oxidation sites excluding steroid dienone is 1. The van der Waals surface area contributed by atoms with Crippen LogP contribution in [0.4, 0.5) is 0 Å². The van der Waals surface area contributed by atoms with Gasteiger partial charge >= 0.3 is 0 Å². The van der Waals surface area contributed by atoms with E-state index in [1.807, 2.05) is 6.07 Å². The van der Waals surface area contributed by atoms with Gasteiger partial charge in [-0.25, -0.2) is 0 Å². The van der Waals surface area contributed by atoms with Crippen molar-refractivity contribution in [3.05, 3.63) is 76.1 Å². The fraction of sp³-hybridized carbons (Fsp3) is 0.538. The van der Waals surface area contributed by atoms with Crippen LogP contribution in [-0.4, -0.2) is 69.0 Å². The summed E-state index contributed by atoms with van der Waals surface area (Å²) >= 11 is 0. The molecule has 2 saturated heterocycles. The van der Waals surface area contributed by atoms with Crippen LogP contribution in [0.3, 0.4) is 0 Å². The maximum Gasteiger partial charge on any atom is 0.131 e. The quantitative estimate of drug-likeness (QED) is 0.169. The van der Waals surface area contributed by atoms with Crippen molar-refractivity contribution in [2.45, 2.75) is 83.3 Å². The topological polar surface area (TPSA) is 64.4 Å². The van der Waals surface area contributed by atoms with Crippen molar-refractivity contribution in [1.29, 1.82) is 0 Å². The lowest BCUT2D eigenvalue weighted by Crippen LogP contribution is -2.56. The van der Waals surface area contributed by atoms with Gasteiger partial charge in [-0.1, -0.05) is 31.2 Å². The molecule has 0 spiro atoms. The molecule has 0 amide bonds. The molecule has 6 nitrogen and oxygen atoms in total. The lowest BCUT2D eigenvalue weighted by Gasteiger charge is -2.57. The van der Waals surface area contributed by atoms with E-state index in [4.69, 9.17) is 0 Å². The van der Waals surface area contributed by atoms with Crippen molar-refractivity contribution in [2.75, 3.05) is 39.8 Å². The van der Waals surface area contributed by atoms with Gasteiger partial charge in [0.25, 0.3) is 0 Å². The van der Waals surface area contributed by atoms with Crippen molar-refractivity contribution in [1.82, 2.24) is 14.5 Å². The zero-order valence-corrected chi connectivity index (χ0v) is 27.3. The summed E-state index contributed by atoms with van der Waals surface area (Å²) in [5.41, 5.74) is 11.3. The summed E-state index contributed by atoms with van der Waals surface area (Å²) in [5, 5.41) is 24.6. The van der Waals surface area contributed by atoms with Gasteiger partial charge in [0.05, 0.1) is 31.4 Å². The van der Waals surface area contributed by atoms with E-state index in [0.29, 0.717) is 23.8 Å². The predicted octanol–water partition coefficient (Wildman–Crippen LogP) is 7.30. The number of likely N-dealkylation sites (N-methyl/N-ethyl adjacent to an activating group) is 1. The third-order valence-corrected chi connectivity index (χ3v) is 13.5. The van der Waals surface area contributed by atoms with Crippen LogP contribution in [0.1, 0.15) is 98.6 Å². The highest BCUT2D eigenvalue weighted by atomic mass is 16.3. The van der Waals surface area contributed by atoms with Crippen LogP contribution >= 0.6 is 0 Å². The highest BCUT2D eigenvalue weighted by Gasteiger charge is 2.54. The Hall–Kier alpha value is -3.06. The van der Waals surface area contributed by atoms with E-state index in [1.54, 1.807) is 11.3 Å². The number of aromatic nitrogens is 2. The molecule has 7 heterocycles. The molecule has 0 radical (unpaired) electrons. The number of quaternary nitrogens is 1. The van der Waals surface area contributed by atoms with Crippen LogP contribution in [0.2, 0.25) is 0 Å². The Kier molecular flexibility index (Phi) is 6.24. The summed E-state index contributed by atoms with van der Waals surface area (Å²) in [6.45, 7) is 9.36. The summed E-state index contributed by atoms with van der Waals surface area (Å²) in [5.74, 6) is 0.878. The van der Waals surface area contributed by atoms with Crippen molar-refractivity contribution in [3.8, 4) is 5.75 Å². The molecule has 3 N–H and O–H groups in total. The fourth-order valence-corrected chi connectivity index (χ4v) is 11.4. The molecule has 2 aromatic carbocycles. The Bertz CT molecular complexity index is 1870. The Labute approximate surface area is 266 Å². The van der Waals surface area contributed by atoms with E-state index in [0.717, 1.165) is 61.8 Å². The third kappa shape index (κ3) is 3.73. The molecule has 0 bridgehead atoms. The minimum atomic E-state index is 0.0995. The smallest absolute Gasteiger partial charge is 0.131 e. The summed E-state index contributed by atoms with van der Waals surface area (Å²) in [7, 11) is 2.44. The Morgan fingerprint density at radius 3 is 2.80 bits per heavy atom. The molecule has 6 heteroatoms. The number of rotatable bonds is 4. The Morgan fingerprint density at radius 2 is 1.98 bits per heavy atom.